The smallest absolute Gasteiger partial charge is 0.143 e. The Morgan fingerprint density at radius 3 is 2.14 bits per heavy atom. The fraction of sp³-hybridized carbons (Fsp3) is 0.0370. The maximum absolute atomic E-state index is 6.57. The van der Waals surface area contributed by atoms with Crippen LogP contribution in [-0.2, 0) is 0 Å². The molecule has 0 saturated carbocycles. The molecule has 0 fully saturated rings. The summed E-state index contributed by atoms with van der Waals surface area (Å²) >= 11 is 0. The topological polar surface area (TPSA) is 13.1 Å². The van der Waals surface area contributed by atoms with Crippen molar-refractivity contribution in [1.29, 1.82) is 0 Å². The Morgan fingerprint density at radius 1 is 0.571 bits per heavy atom. The van der Waals surface area contributed by atoms with Gasteiger partial charge < -0.3 is 4.42 Å². The standard InChI is InChI=1S/C27H18O/c1-17-7-6-10-19(15-17)24-16-20-9-3-5-12-22(20)27-25(24)23-14-13-18-8-2-4-11-21(18)26(23)28-27/h2-16H,1H3. The predicted octanol–water partition coefficient (Wildman–Crippen LogP) is 7.87. The van der Waals surface area contributed by atoms with Crippen molar-refractivity contribution in [2.75, 3.05) is 0 Å². The van der Waals surface area contributed by atoms with E-state index in [2.05, 4.69) is 97.9 Å². The maximum atomic E-state index is 6.57. The van der Waals surface area contributed by atoms with Crippen LogP contribution in [-0.4, -0.2) is 0 Å². The molecule has 0 aliphatic carbocycles. The van der Waals surface area contributed by atoms with Crippen molar-refractivity contribution in [1.82, 2.24) is 0 Å². The summed E-state index contributed by atoms with van der Waals surface area (Å²) in [4.78, 5) is 0. The van der Waals surface area contributed by atoms with Crippen molar-refractivity contribution >= 4 is 43.5 Å². The highest BCUT2D eigenvalue weighted by atomic mass is 16.3. The summed E-state index contributed by atoms with van der Waals surface area (Å²) in [6.45, 7) is 2.14. The molecule has 0 bridgehead atoms. The van der Waals surface area contributed by atoms with Gasteiger partial charge in [0.1, 0.15) is 11.2 Å². The van der Waals surface area contributed by atoms with Crippen LogP contribution in [0, 0.1) is 6.92 Å². The zero-order valence-corrected chi connectivity index (χ0v) is 15.6. The van der Waals surface area contributed by atoms with E-state index in [1.54, 1.807) is 0 Å². The number of fused-ring (bicyclic) bond motifs is 7. The first-order valence-electron chi connectivity index (χ1n) is 9.62. The maximum Gasteiger partial charge on any atom is 0.143 e. The first kappa shape index (κ1) is 15.5. The van der Waals surface area contributed by atoms with Gasteiger partial charge in [-0.05, 0) is 41.0 Å². The number of benzene rings is 5. The molecular formula is C27H18O. The fourth-order valence-corrected chi connectivity index (χ4v) is 4.38. The minimum atomic E-state index is 0.971. The average Bonchev–Trinajstić information content (AvgIpc) is 3.14. The molecule has 1 heterocycles. The summed E-state index contributed by atoms with van der Waals surface area (Å²) in [5, 5.41) is 7.11. The van der Waals surface area contributed by atoms with Gasteiger partial charge in [0.05, 0.1) is 0 Å². The molecule has 0 N–H and O–H groups in total. The minimum Gasteiger partial charge on any atom is -0.455 e. The molecule has 1 heteroatoms. The first-order valence-corrected chi connectivity index (χ1v) is 9.62. The van der Waals surface area contributed by atoms with Gasteiger partial charge in [-0.25, -0.2) is 0 Å². The largest absolute Gasteiger partial charge is 0.455 e. The zero-order valence-electron chi connectivity index (χ0n) is 15.6. The van der Waals surface area contributed by atoms with Crippen molar-refractivity contribution in [2.45, 2.75) is 6.92 Å². The van der Waals surface area contributed by atoms with Crippen LogP contribution in [0.5, 0.6) is 0 Å². The highest BCUT2D eigenvalue weighted by molar-refractivity contribution is 6.24. The van der Waals surface area contributed by atoms with Gasteiger partial charge in [0.25, 0.3) is 0 Å². The van der Waals surface area contributed by atoms with Gasteiger partial charge in [-0.1, -0.05) is 84.4 Å². The second-order valence-electron chi connectivity index (χ2n) is 7.48. The Hall–Kier alpha value is -3.58. The lowest BCUT2D eigenvalue weighted by Crippen LogP contribution is -1.83. The SMILES string of the molecule is Cc1cccc(-c2cc3ccccc3c3oc4c5ccccc5ccc4c23)c1. The third kappa shape index (κ3) is 2.13. The molecule has 0 aliphatic heterocycles. The molecule has 28 heavy (non-hydrogen) atoms. The van der Waals surface area contributed by atoms with E-state index in [0.717, 1.165) is 21.9 Å². The zero-order chi connectivity index (χ0) is 18.7. The van der Waals surface area contributed by atoms with E-state index >= 15 is 0 Å². The molecule has 0 atom stereocenters. The van der Waals surface area contributed by atoms with Gasteiger partial charge in [-0.3, -0.25) is 0 Å². The summed E-state index contributed by atoms with van der Waals surface area (Å²) in [7, 11) is 0. The second-order valence-corrected chi connectivity index (χ2v) is 7.48. The van der Waals surface area contributed by atoms with Crippen molar-refractivity contribution in [2.24, 2.45) is 0 Å². The summed E-state index contributed by atoms with van der Waals surface area (Å²) in [5.41, 5.74) is 5.66. The van der Waals surface area contributed by atoms with E-state index in [9.17, 15) is 0 Å². The molecule has 6 aromatic rings. The van der Waals surface area contributed by atoms with Crippen LogP contribution in [0.1, 0.15) is 5.56 Å². The highest BCUT2D eigenvalue weighted by Gasteiger charge is 2.17. The predicted molar refractivity (Wildman–Crippen MR) is 119 cm³/mol. The summed E-state index contributed by atoms with van der Waals surface area (Å²) in [6.07, 6.45) is 0. The summed E-state index contributed by atoms with van der Waals surface area (Å²) < 4.78 is 6.57. The lowest BCUT2D eigenvalue weighted by Gasteiger charge is -2.08. The molecule has 0 spiro atoms. The van der Waals surface area contributed by atoms with E-state index in [-0.39, 0.29) is 0 Å². The normalized spacial score (nSPS) is 11.8. The van der Waals surface area contributed by atoms with Gasteiger partial charge in [-0.2, -0.15) is 0 Å². The van der Waals surface area contributed by atoms with E-state index < -0.39 is 0 Å². The Labute approximate surface area is 162 Å². The molecule has 1 nitrogen and oxygen atoms in total. The number of aryl methyl sites for hydroxylation is 1. The molecular weight excluding hydrogens is 340 g/mol. The van der Waals surface area contributed by atoms with E-state index in [0.29, 0.717) is 0 Å². The Bertz CT molecular complexity index is 1520. The summed E-state index contributed by atoms with van der Waals surface area (Å²) in [5.74, 6) is 0. The Morgan fingerprint density at radius 2 is 1.32 bits per heavy atom. The molecule has 6 rings (SSSR count). The molecule has 0 radical (unpaired) electrons. The van der Waals surface area contributed by atoms with E-state index in [4.69, 9.17) is 4.42 Å². The molecule has 0 amide bonds. The van der Waals surface area contributed by atoms with Crippen LogP contribution in [0.25, 0.3) is 54.6 Å². The lowest BCUT2D eigenvalue weighted by molar-refractivity contribution is 0.676. The average molecular weight is 358 g/mol. The number of furan rings is 1. The van der Waals surface area contributed by atoms with E-state index in [1.807, 2.05) is 0 Å². The number of hydrogen-bond acceptors (Lipinski definition) is 1. The van der Waals surface area contributed by atoms with Gasteiger partial charge in [0.2, 0.25) is 0 Å². The third-order valence-electron chi connectivity index (χ3n) is 5.68. The molecule has 0 unspecified atom stereocenters. The molecule has 1 aromatic heterocycles. The van der Waals surface area contributed by atoms with Crippen LogP contribution < -0.4 is 0 Å². The molecule has 0 aliphatic rings. The Balaban J connectivity index is 1.88. The van der Waals surface area contributed by atoms with Crippen molar-refractivity contribution in [3.8, 4) is 11.1 Å². The lowest BCUT2D eigenvalue weighted by atomic mass is 9.94. The van der Waals surface area contributed by atoms with Crippen molar-refractivity contribution in [3.63, 3.8) is 0 Å². The van der Waals surface area contributed by atoms with Crippen LogP contribution >= 0.6 is 0 Å². The van der Waals surface area contributed by atoms with Crippen LogP contribution in [0.2, 0.25) is 0 Å². The molecule has 132 valence electrons. The van der Waals surface area contributed by atoms with Crippen LogP contribution in [0.15, 0.2) is 95.4 Å². The number of hydrogen-bond donors (Lipinski definition) is 0. The number of rotatable bonds is 1. The highest BCUT2D eigenvalue weighted by Crippen LogP contribution is 2.43. The van der Waals surface area contributed by atoms with Crippen LogP contribution in [0.3, 0.4) is 0 Å². The third-order valence-corrected chi connectivity index (χ3v) is 5.68. The minimum absolute atomic E-state index is 0.971. The van der Waals surface area contributed by atoms with Crippen LogP contribution in [0.4, 0.5) is 0 Å². The van der Waals surface area contributed by atoms with E-state index in [1.165, 1.54) is 38.2 Å². The first-order chi connectivity index (χ1) is 13.8. The molecule has 5 aromatic carbocycles. The van der Waals surface area contributed by atoms with Gasteiger partial charge in [-0.15, -0.1) is 0 Å². The molecule has 0 saturated heterocycles. The van der Waals surface area contributed by atoms with Gasteiger partial charge >= 0.3 is 0 Å². The van der Waals surface area contributed by atoms with Crippen molar-refractivity contribution < 1.29 is 4.42 Å². The van der Waals surface area contributed by atoms with Gasteiger partial charge in [0.15, 0.2) is 0 Å². The second kappa shape index (κ2) is 5.71. The monoisotopic (exact) mass is 358 g/mol. The Kier molecular flexibility index (Phi) is 3.15. The fourth-order valence-electron chi connectivity index (χ4n) is 4.38. The summed E-state index contributed by atoms with van der Waals surface area (Å²) in [6, 6.07) is 32.4. The van der Waals surface area contributed by atoms with Crippen molar-refractivity contribution in [3.05, 3.63) is 96.6 Å². The van der Waals surface area contributed by atoms with Gasteiger partial charge in [0, 0.05) is 21.5 Å². The quantitative estimate of drug-likeness (QED) is 0.291.